The summed E-state index contributed by atoms with van der Waals surface area (Å²) in [6.45, 7) is 4.37. The molecule has 0 bridgehead atoms. The minimum absolute atomic E-state index is 0.0325. The van der Waals surface area contributed by atoms with Crippen molar-refractivity contribution >= 4 is 17.5 Å². The number of ether oxygens (including phenoxy) is 2. The molecule has 1 N–H and O–H groups in total. The molecule has 0 saturated carbocycles. The number of rotatable bonds is 9. The average Bonchev–Trinajstić information content (AvgIpc) is 3.37. The number of amides is 1. The Morgan fingerprint density at radius 2 is 1.63 bits per heavy atom. The molecule has 1 amide bonds. The topological polar surface area (TPSA) is 86.5 Å². The Bertz CT molecular complexity index is 1250. The van der Waals surface area contributed by atoms with Crippen LogP contribution in [0.15, 0.2) is 77.3 Å². The number of carbonyl (C=O) groups is 1. The van der Waals surface area contributed by atoms with Crippen LogP contribution in [0.3, 0.4) is 0 Å². The van der Waals surface area contributed by atoms with Crippen LogP contribution in [0.25, 0.3) is 11.4 Å². The van der Waals surface area contributed by atoms with Crippen molar-refractivity contribution in [2.75, 3.05) is 7.11 Å². The molecular weight excluding hydrogens is 466 g/mol. The molecule has 0 aliphatic heterocycles. The molecule has 1 atom stereocenters. The van der Waals surface area contributed by atoms with Gasteiger partial charge >= 0.3 is 0 Å². The first-order chi connectivity index (χ1) is 16.9. The van der Waals surface area contributed by atoms with Crippen molar-refractivity contribution in [2.24, 2.45) is 5.92 Å². The molecule has 4 aromatic rings. The molecule has 1 aromatic heterocycles. The van der Waals surface area contributed by atoms with E-state index in [-0.39, 0.29) is 11.8 Å². The highest BCUT2D eigenvalue weighted by molar-refractivity contribution is 6.30. The second-order valence-corrected chi connectivity index (χ2v) is 8.76. The Morgan fingerprint density at radius 3 is 2.26 bits per heavy atom. The molecule has 180 valence electrons. The molecule has 35 heavy (non-hydrogen) atoms. The average molecular weight is 492 g/mol. The third-order valence-corrected chi connectivity index (χ3v) is 5.70. The van der Waals surface area contributed by atoms with Gasteiger partial charge in [-0.15, -0.1) is 0 Å². The van der Waals surface area contributed by atoms with E-state index in [1.54, 1.807) is 31.4 Å². The van der Waals surface area contributed by atoms with Crippen molar-refractivity contribution in [2.45, 2.75) is 26.5 Å². The van der Waals surface area contributed by atoms with Crippen molar-refractivity contribution in [1.29, 1.82) is 0 Å². The van der Waals surface area contributed by atoms with Crippen LogP contribution in [0.2, 0.25) is 5.02 Å². The van der Waals surface area contributed by atoms with E-state index in [9.17, 15) is 4.79 Å². The summed E-state index contributed by atoms with van der Waals surface area (Å²) in [4.78, 5) is 17.4. The lowest BCUT2D eigenvalue weighted by molar-refractivity contribution is 0.0914. The van der Waals surface area contributed by atoms with Crippen molar-refractivity contribution in [1.82, 2.24) is 15.5 Å². The first-order valence-electron chi connectivity index (χ1n) is 11.2. The number of methoxy groups -OCH3 is 1. The standard InChI is InChI=1S/C27H26ClN3O4/c1-17(2)24(27-30-25(31-35-27)19-6-12-22(33-3)13-7-19)29-26(32)20-8-14-23(15-9-20)34-16-18-4-10-21(28)11-5-18/h4-15,17,24H,16H2,1-3H3,(H,29,32)/t24-/m0/s1. The summed E-state index contributed by atoms with van der Waals surface area (Å²) in [7, 11) is 1.61. The summed E-state index contributed by atoms with van der Waals surface area (Å²) < 4.78 is 16.5. The zero-order valence-corrected chi connectivity index (χ0v) is 20.5. The molecule has 0 aliphatic rings. The molecular formula is C27H26ClN3O4. The number of aromatic nitrogens is 2. The van der Waals surface area contributed by atoms with E-state index in [1.165, 1.54) is 0 Å². The molecule has 4 rings (SSSR count). The minimum atomic E-state index is -0.442. The molecule has 8 heteroatoms. The van der Waals surface area contributed by atoms with Crippen LogP contribution in [-0.4, -0.2) is 23.2 Å². The Kier molecular flexibility index (Phi) is 7.67. The maximum Gasteiger partial charge on any atom is 0.251 e. The third-order valence-electron chi connectivity index (χ3n) is 5.44. The van der Waals surface area contributed by atoms with E-state index in [1.807, 2.05) is 62.4 Å². The molecule has 0 spiro atoms. The maximum atomic E-state index is 12.9. The van der Waals surface area contributed by atoms with Crippen LogP contribution in [0.1, 0.15) is 41.7 Å². The van der Waals surface area contributed by atoms with E-state index < -0.39 is 6.04 Å². The quantitative estimate of drug-likeness (QED) is 0.304. The monoisotopic (exact) mass is 491 g/mol. The Morgan fingerprint density at radius 1 is 0.971 bits per heavy atom. The summed E-state index contributed by atoms with van der Waals surface area (Å²) in [5, 5.41) is 7.77. The van der Waals surface area contributed by atoms with Gasteiger partial charge in [0.1, 0.15) is 24.1 Å². The van der Waals surface area contributed by atoms with Crippen LogP contribution in [-0.2, 0) is 6.61 Å². The van der Waals surface area contributed by atoms with Gasteiger partial charge in [0.05, 0.1) is 7.11 Å². The zero-order valence-electron chi connectivity index (χ0n) is 19.7. The van der Waals surface area contributed by atoms with E-state index in [0.717, 1.165) is 16.9 Å². The largest absolute Gasteiger partial charge is 0.497 e. The molecule has 0 unspecified atom stereocenters. The fourth-order valence-corrected chi connectivity index (χ4v) is 3.53. The lowest BCUT2D eigenvalue weighted by atomic mass is 10.0. The fraction of sp³-hybridized carbons (Fsp3) is 0.222. The van der Waals surface area contributed by atoms with E-state index >= 15 is 0 Å². The SMILES string of the molecule is COc1ccc(-c2noc([C@@H](NC(=O)c3ccc(OCc4ccc(Cl)cc4)cc3)C(C)C)n2)cc1. The number of hydrogen-bond donors (Lipinski definition) is 1. The molecule has 0 saturated heterocycles. The Balaban J connectivity index is 1.40. The molecule has 0 radical (unpaired) electrons. The van der Waals surface area contributed by atoms with Crippen molar-refractivity contribution in [3.8, 4) is 22.9 Å². The summed E-state index contributed by atoms with van der Waals surface area (Å²) in [5.74, 6) is 2.00. The molecule has 1 heterocycles. The number of benzene rings is 3. The highest BCUT2D eigenvalue weighted by Gasteiger charge is 2.25. The lowest BCUT2D eigenvalue weighted by Crippen LogP contribution is -2.32. The van der Waals surface area contributed by atoms with Crippen molar-refractivity contribution in [3.05, 3.63) is 94.8 Å². The van der Waals surface area contributed by atoms with Gasteiger partial charge in [-0.1, -0.05) is 42.7 Å². The maximum absolute atomic E-state index is 12.9. The number of nitrogens with zero attached hydrogens (tertiary/aromatic N) is 2. The van der Waals surface area contributed by atoms with Crippen LogP contribution in [0, 0.1) is 5.92 Å². The molecule has 7 nitrogen and oxygen atoms in total. The van der Waals surface area contributed by atoms with E-state index in [4.69, 9.17) is 25.6 Å². The van der Waals surface area contributed by atoms with Crippen LogP contribution in [0.4, 0.5) is 0 Å². The van der Waals surface area contributed by atoms with Gasteiger partial charge in [0.15, 0.2) is 0 Å². The van der Waals surface area contributed by atoms with Crippen LogP contribution in [0.5, 0.6) is 11.5 Å². The van der Waals surface area contributed by atoms with Gasteiger partial charge < -0.3 is 19.3 Å². The lowest BCUT2D eigenvalue weighted by Gasteiger charge is -2.18. The Labute approximate surface area is 209 Å². The number of halogens is 1. The molecule has 0 fully saturated rings. The molecule has 3 aromatic carbocycles. The summed E-state index contributed by atoms with van der Waals surface area (Å²) in [5.41, 5.74) is 2.30. The summed E-state index contributed by atoms with van der Waals surface area (Å²) in [6, 6.07) is 21.4. The van der Waals surface area contributed by atoms with Gasteiger partial charge in [-0.25, -0.2) is 0 Å². The smallest absolute Gasteiger partial charge is 0.251 e. The van der Waals surface area contributed by atoms with Crippen LogP contribution >= 0.6 is 11.6 Å². The summed E-state index contributed by atoms with van der Waals surface area (Å²) >= 11 is 5.91. The highest BCUT2D eigenvalue weighted by Crippen LogP contribution is 2.25. The highest BCUT2D eigenvalue weighted by atomic mass is 35.5. The normalized spacial score (nSPS) is 11.8. The number of hydrogen-bond acceptors (Lipinski definition) is 6. The summed E-state index contributed by atoms with van der Waals surface area (Å²) in [6.07, 6.45) is 0. The van der Waals surface area contributed by atoms with Crippen molar-refractivity contribution in [3.63, 3.8) is 0 Å². The van der Waals surface area contributed by atoms with Crippen molar-refractivity contribution < 1.29 is 18.8 Å². The predicted molar refractivity (Wildman–Crippen MR) is 134 cm³/mol. The Hall–Kier alpha value is -3.84. The fourth-order valence-electron chi connectivity index (χ4n) is 3.41. The van der Waals surface area contributed by atoms with E-state index in [0.29, 0.717) is 34.7 Å². The van der Waals surface area contributed by atoms with Gasteiger partial charge in [0.25, 0.3) is 5.91 Å². The van der Waals surface area contributed by atoms with Gasteiger partial charge in [-0.2, -0.15) is 4.98 Å². The molecule has 0 aliphatic carbocycles. The third kappa shape index (κ3) is 6.19. The van der Waals surface area contributed by atoms with Gasteiger partial charge in [0, 0.05) is 16.1 Å². The number of carbonyl (C=O) groups excluding carboxylic acids is 1. The van der Waals surface area contributed by atoms with Gasteiger partial charge in [-0.3, -0.25) is 4.79 Å². The van der Waals surface area contributed by atoms with E-state index in [2.05, 4.69) is 15.5 Å². The van der Waals surface area contributed by atoms with Gasteiger partial charge in [-0.05, 0) is 72.1 Å². The zero-order chi connectivity index (χ0) is 24.8. The first kappa shape index (κ1) is 24.3. The predicted octanol–water partition coefficient (Wildman–Crippen LogP) is 6.10. The second kappa shape index (κ2) is 11.1. The van der Waals surface area contributed by atoms with Gasteiger partial charge in [0.2, 0.25) is 11.7 Å². The second-order valence-electron chi connectivity index (χ2n) is 8.32. The minimum Gasteiger partial charge on any atom is -0.497 e. The number of nitrogens with one attached hydrogen (secondary N) is 1. The van der Waals surface area contributed by atoms with Crippen LogP contribution < -0.4 is 14.8 Å². The first-order valence-corrected chi connectivity index (χ1v) is 11.6.